The predicted octanol–water partition coefficient (Wildman–Crippen LogP) is 4.22. The molecule has 0 bridgehead atoms. The van der Waals surface area contributed by atoms with E-state index < -0.39 is 11.9 Å². The summed E-state index contributed by atoms with van der Waals surface area (Å²) in [5.74, 6) is -1.28. The number of rotatable bonds is 2. The van der Waals surface area contributed by atoms with Gasteiger partial charge < -0.3 is 14.4 Å². The van der Waals surface area contributed by atoms with Crippen LogP contribution in [0.3, 0.4) is 0 Å². The van der Waals surface area contributed by atoms with Gasteiger partial charge in [0.2, 0.25) is 0 Å². The van der Waals surface area contributed by atoms with Crippen molar-refractivity contribution >= 4 is 33.6 Å². The molecule has 3 aromatic rings. The highest BCUT2D eigenvalue weighted by Gasteiger charge is 2.37. The van der Waals surface area contributed by atoms with Crippen LogP contribution in [-0.2, 0) is 4.79 Å². The van der Waals surface area contributed by atoms with Gasteiger partial charge in [-0.2, -0.15) is 0 Å². The fraction of sp³-hybridized carbons (Fsp3) is 0.333. The maximum absolute atomic E-state index is 13.1. The molecule has 0 saturated carbocycles. The zero-order valence-corrected chi connectivity index (χ0v) is 14.9. The Labute approximate surface area is 151 Å². The van der Waals surface area contributed by atoms with Crippen LogP contribution in [0.1, 0.15) is 35.9 Å². The predicted molar refractivity (Wildman–Crippen MR) is 99.3 cm³/mol. The van der Waals surface area contributed by atoms with Crippen molar-refractivity contribution in [1.82, 2.24) is 4.90 Å². The van der Waals surface area contributed by atoms with E-state index >= 15 is 0 Å². The number of furan rings is 1. The number of piperidine rings is 1. The van der Waals surface area contributed by atoms with Crippen LogP contribution in [0.4, 0.5) is 0 Å². The number of carboxylic acid groups (broad SMARTS) is 1. The lowest BCUT2D eigenvalue weighted by atomic mass is 9.90. The maximum atomic E-state index is 13.1. The molecule has 2 heterocycles. The first-order valence-corrected chi connectivity index (χ1v) is 8.93. The van der Waals surface area contributed by atoms with E-state index in [2.05, 4.69) is 0 Å². The quantitative estimate of drug-likeness (QED) is 0.750. The van der Waals surface area contributed by atoms with E-state index in [9.17, 15) is 14.7 Å². The molecule has 1 aliphatic heterocycles. The van der Waals surface area contributed by atoms with Crippen molar-refractivity contribution in [2.24, 2.45) is 5.92 Å². The van der Waals surface area contributed by atoms with E-state index in [4.69, 9.17) is 4.42 Å². The highest BCUT2D eigenvalue weighted by Crippen LogP contribution is 2.34. The van der Waals surface area contributed by atoms with Crippen LogP contribution in [0.15, 0.2) is 40.8 Å². The van der Waals surface area contributed by atoms with Gasteiger partial charge in [-0.15, -0.1) is 0 Å². The lowest BCUT2D eigenvalue weighted by Crippen LogP contribution is -2.49. The SMILES string of the molecule is Cc1c(C(=O)N2CCC[C@@H](C(=O)O)[C@H]2C)oc2c1ccc1ccccc12. The van der Waals surface area contributed by atoms with E-state index in [0.717, 1.165) is 21.7 Å². The summed E-state index contributed by atoms with van der Waals surface area (Å²) < 4.78 is 6.03. The summed E-state index contributed by atoms with van der Waals surface area (Å²) in [6, 6.07) is 11.6. The molecule has 26 heavy (non-hydrogen) atoms. The van der Waals surface area contributed by atoms with Gasteiger partial charge in [0, 0.05) is 28.9 Å². The van der Waals surface area contributed by atoms with Gasteiger partial charge in [-0.1, -0.05) is 36.4 Å². The van der Waals surface area contributed by atoms with Gasteiger partial charge in [-0.25, -0.2) is 0 Å². The lowest BCUT2D eigenvalue weighted by Gasteiger charge is -2.37. The monoisotopic (exact) mass is 351 g/mol. The lowest BCUT2D eigenvalue weighted by molar-refractivity contribution is -0.145. The Morgan fingerprint density at radius 2 is 1.92 bits per heavy atom. The van der Waals surface area contributed by atoms with Gasteiger partial charge in [-0.05, 0) is 32.1 Å². The Morgan fingerprint density at radius 3 is 2.69 bits per heavy atom. The summed E-state index contributed by atoms with van der Waals surface area (Å²) in [6.45, 7) is 4.25. The number of aliphatic carboxylic acids is 1. The zero-order chi connectivity index (χ0) is 18.4. The number of hydrogen-bond donors (Lipinski definition) is 1. The molecule has 0 aliphatic carbocycles. The highest BCUT2D eigenvalue weighted by atomic mass is 16.4. The Balaban J connectivity index is 1.79. The van der Waals surface area contributed by atoms with Gasteiger partial charge in [0.15, 0.2) is 5.76 Å². The number of hydrogen-bond acceptors (Lipinski definition) is 3. The van der Waals surface area contributed by atoms with Crippen molar-refractivity contribution in [3.05, 3.63) is 47.7 Å². The number of likely N-dealkylation sites (tertiary alicyclic amines) is 1. The Morgan fingerprint density at radius 1 is 1.15 bits per heavy atom. The van der Waals surface area contributed by atoms with Gasteiger partial charge in [0.25, 0.3) is 5.91 Å². The molecule has 2 atom stereocenters. The smallest absolute Gasteiger partial charge is 0.308 e. The van der Waals surface area contributed by atoms with Gasteiger partial charge in [-0.3, -0.25) is 9.59 Å². The average molecular weight is 351 g/mol. The molecule has 0 spiro atoms. The maximum Gasteiger partial charge on any atom is 0.308 e. The zero-order valence-electron chi connectivity index (χ0n) is 14.9. The second-order valence-electron chi connectivity index (χ2n) is 7.05. The minimum absolute atomic E-state index is 0.221. The van der Waals surface area contributed by atoms with Gasteiger partial charge in [0.05, 0.1) is 5.92 Å². The third-order valence-electron chi connectivity index (χ3n) is 5.59. The van der Waals surface area contributed by atoms with Crippen molar-refractivity contribution in [3.63, 3.8) is 0 Å². The molecule has 1 aliphatic rings. The van der Waals surface area contributed by atoms with Crippen molar-refractivity contribution in [3.8, 4) is 0 Å². The third kappa shape index (κ3) is 2.46. The molecule has 5 heteroatoms. The van der Waals surface area contributed by atoms with Crippen LogP contribution in [0.25, 0.3) is 21.7 Å². The topological polar surface area (TPSA) is 70.8 Å². The van der Waals surface area contributed by atoms with E-state index in [1.807, 2.05) is 50.2 Å². The average Bonchev–Trinajstić information content (AvgIpc) is 2.98. The number of benzene rings is 2. The molecule has 5 nitrogen and oxygen atoms in total. The van der Waals surface area contributed by atoms with E-state index in [0.29, 0.717) is 30.7 Å². The normalized spacial score (nSPS) is 20.6. The summed E-state index contributed by atoms with van der Waals surface area (Å²) in [7, 11) is 0. The van der Waals surface area contributed by atoms with Gasteiger partial charge in [0.1, 0.15) is 5.58 Å². The number of carbonyl (C=O) groups is 2. The summed E-state index contributed by atoms with van der Waals surface area (Å²) in [6.07, 6.45) is 1.29. The summed E-state index contributed by atoms with van der Waals surface area (Å²) in [4.78, 5) is 26.3. The van der Waals surface area contributed by atoms with Crippen molar-refractivity contribution in [2.45, 2.75) is 32.7 Å². The summed E-state index contributed by atoms with van der Waals surface area (Å²) in [5.41, 5.74) is 1.52. The Hall–Kier alpha value is -2.82. The minimum Gasteiger partial charge on any atom is -0.481 e. The number of nitrogens with zero attached hydrogens (tertiary/aromatic N) is 1. The molecular weight excluding hydrogens is 330 g/mol. The number of carbonyl (C=O) groups excluding carboxylic acids is 1. The molecule has 1 amide bonds. The van der Waals surface area contributed by atoms with Gasteiger partial charge >= 0.3 is 5.97 Å². The summed E-state index contributed by atoms with van der Waals surface area (Å²) in [5, 5.41) is 12.4. The molecule has 1 saturated heterocycles. The molecule has 0 unspecified atom stereocenters. The first-order chi connectivity index (χ1) is 12.5. The number of aryl methyl sites for hydroxylation is 1. The van der Waals surface area contributed by atoms with Crippen molar-refractivity contribution in [2.75, 3.05) is 6.54 Å². The molecule has 1 fully saturated rings. The van der Waals surface area contributed by atoms with E-state index in [1.165, 1.54) is 0 Å². The van der Waals surface area contributed by atoms with E-state index in [-0.39, 0.29) is 11.9 Å². The Bertz CT molecular complexity index is 1020. The standard InChI is InChI=1S/C21H21NO4/c1-12-15-10-9-14-6-3-4-7-17(14)19(15)26-18(12)20(23)22-11-5-8-16(13(22)2)21(24)25/h3-4,6-7,9-10,13,16H,5,8,11H2,1-2H3,(H,24,25)/t13-,16-/m1/s1. The third-order valence-corrected chi connectivity index (χ3v) is 5.59. The van der Waals surface area contributed by atoms with Crippen molar-refractivity contribution in [1.29, 1.82) is 0 Å². The molecular formula is C21H21NO4. The van der Waals surface area contributed by atoms with E-state index in [1.54, 1.807) is 4.90 Å². The fourth-order valence-corrected chi connectivity index (χ4v) is 4.04. The second-order valence-corrected chi connectivity index (χ2v) is 7.05. The molecule has 1 aromatic heterocycles. The number of carboxylic acids is 1. The number of amides is 1. The summed E-state index contributed by atoms with van der Waals surface area (Å²) >= 11 is 0. The van der Waals surface area contributed by atoms with Crippen LogP contribution in [0, 0.1) is 12.8 Å². The molecule has 0 radical (unpaired) electrons. The molecule has 2 aromatic carbocycles. The highest BCUT2D eigenvalue weighted by molar-refractivity contribution is 6.09. The van der Waals surface area contributed by atoms with Crippen LogP contribution in [0.5, 0.6) is 0 Å². The van der Waals surface area contributed by atoms with Crippen LogP contribution < -0.4 is 0 Å². The largest absolute Gasteiger partial charge is 0.481 e. The fourth-order valence-electron chi connectivity index (χ4n) is 4.04. The number of fused-ring (bicyclic) bond motifs is 3. The first-order valence-electron chi connectivity index (χ1n) is 8.93. The van der Waals surface area contributed by atoms with Crippen molar-refractivity contribution < 1.29 is 19.1 Å². The molecule has 1 N–H and O–H groups in total. The first kappa shape index (κ1) is 16.6. The minimum atomic E-state index is -0.845. The van der Waals surface area contributed by atoms with Crippen LogP contribution in [0.2, 0.25) is 0 Å². The Kier molecular flexibility index (Phi) is 3.94. The molecule has 134 valence electrons. The van der Waals surface area contributed by atoms with Crippen LogP contribution >= 0.6 is 0 Å². The van der Waals surface area contributed by atoms with Crippen LogP contribution in [-0.4, -0.2) is 34.5 Å². The second kappa shape index (κ2) is 6.16. The molecule has 4 rings (SSSR count).